The fraction of sp³-hybridized carbons (Fsp3) is 0.562. The molecule has 0 aliphatic rings. The number of rotatable bonds is 7. The fourth-order valence-electron chi connectivity index (χ4n) is 1.78. The molecule has 1 aromatic carbocycles. The van der Waals surface area contributed by atoms with Gasteiger partial charge in [0.25, 0.3) is 5.91 Å². The molecule has 0 aromatic heterocycles. The highest BCUT2D eigenvalue weighted by molar-refractivity contribution is 5.81. The van der Waals surface area contributed by atoms with Gasteiger partial charge < -0.3 is 10.1 Å². The molecule has 0 radical (unpaired) electrons. The Balaban J connectivity index is 2.60. The zero-order chi connectivity index (χ0) is 14.3. The zero-order valence-corrected chi connectivity index (χ0v) is 12.5. The molecule has 19 heavy (non-hydrogen) atoms. The maximum absolute atomic E-state index is 12.0. The average Bonchev–Trinajstić information content (AvgIpc) is 2.40. The van der Waals surface area contributed by atoms with Gasteiger partial charge in [0.1, 0.15) is 5.75 Å². The Morgan fingerprint density at radius 3 is 2.58 bits per heavy atom. The van der Waals surface area contributed by atoms with E-state index in [4.69, 9.17) is 4.74 Å². The number of benzene rings is 1. The first-order valence-electron chi connectivity index (χ1n) is 7.10. The normalized spacial score (nSPS) is 12.0. The lowest BCUT2D eigenvalue weighted by Crippen LogP contribution is -2.38. The van der Waals surface area contributed by atoms with Gasteiger partial charge in [-0.2, -0.15) is 0 Å². The number of ether oxygens (including phenoxy) is 1. The first-order valence-corrected chi connectivity index (χ1v) is 7.10. The highest BCUT2D eigenvalue weighted by Crippen LogP contribution is 2.18. The molecule has 0 spiro atoms. The van der Waals surface area contributed by atoms with E-state index in [9.17, 15) is 4.79 Å². The third-order valence-electron chi connectivity index (χ3n) is 3.25. The van der Waals surface area contributed by atoms with E-state index in [1.165, 1.54) is 11.1 Å². The van der Waals surface area contributed by atoms with Crippen molar-refractivity contribution in [3.05, 3.63) is 29.3 Å². The first kappa shape index (κ1) is 15.5. The van der Waals surface area contributed by atoms with E-state index in [2.05, 4.69) is 19.2 Å². The molecular formula is C16H25NO2. The number of unbranched alkanes of at least 4 members (excludes halogenated alkanes) is 1. The third-order valence-corrected chi connectivity index (χ3v) is 3.25. The lowest BCUT2D eigenvalue weighted by Gasteiger charge is -2.18. The number of nitrogens with one attached hydrogen (secondary N) is 1. The van der Waals surface area contributed by atoms with Crippen molar-refractivity contribution in [2.24, 2.45) is 0 Å². The predicted octanol–water partition coefficient (Wildman–Crippen LogP) is 3.38. The van der Waals surface area contributed by atoms with Crippen LogP contribution in [0.5, 0.6) is 5.75 Å². The number of carbonyl (C=O) groups is 1. The molecule has 0 fully saturated rings. The molecule has 0 aliphatic carbocycles. The minimum absolute atomic E-state index is 0.0193. The van der Waals surface area contributed by atoms with Gasteiger partial charge >= 0.3 is 0 Å². The second kappa shape index (κ2) is 7.82. The van der Waals surface area contributed by atoms with Gasteiger partial charge in [0.2, 0.25) is 0 Å². The van der Waals surface area contributed by atoms with Crippen molar-refractivity contribution >= 4 is 5.91 Å². The molecule has 0 heterocycles. The number of hydrogen-bond donors (Lipinski definition) is 1. The summed E-state index contributed by atoms with van der Waals surface area (Å²) < 4.78 is 5.78. The molecule has 0 aliphatic heterocycles. The van der Waals surface area contributed by atoms with Crippen LogP contribution in [0.3, 0.4) is 0 Å². The Hall–Kier alpha value is -1.51. The van der Waals surface area contributed by atoms with Crippen molar-refractivity contribution < 1.29 is 9.53 Å². The van der Waals surface area contributed by atoms with Gasteiger partial charge in [-0.15, -0.1) is 0 Å². The van der Waals surface area contributed by atoms with Crippen LogP contribution in [0, 0.1) is 13.8 Å². The van der Waals surface area contributed by atoms with Gasteiger partial charge in [-0.25, -0.2) is 0 Å². The SMILES string of the molecule is CCCCNC(=O)[C@H](CC)Oc1ccc(C)c(C)c1. The van der Waals surface area contributed by atoms with Crippen molar-refractivity contribution in [2.75, 3.05) is 6.54 Å². The van der Waals surface area contributed by atoms with E-state index in [-0.39, 0.29) is 5.91 Å². The summed E-state index contributed by atoms with van der Waals surface area (Å²) in [6, 6.07) is 5.92. The third kappa shape index (κ3) is 4.93. The van der Waals surface area contributed by atoms with Crippen LogP contribution < -0.4 is 10.1 Å². The van der Waals surface area contributed by atoms with Crippen molar-refractivity contribution in [1.29, 1.82) is 0 Å². The summed E-state index contributed by atoms with van der Waals surface area (Å²) in [4.78, 5) is 12.0. The van der Waals surface area contributed by atoms with Crippen LogP contribution in [-0.2, 0) is 4.79 Å². The highest BCUT2D eigenvalue weighted by atomic mass is 16.5. The van der Waals surface area contributed by atoms with E-state index < -0.39 is 6.10 Å². The van der Waals surface area contributed by atoms with E-state index in [0.29, 0.717) is 6.42 Å². The van der Waals surface area contributed by atoms with E-state index in [1.807, 2.05) is 32.0 Å². The lowest BCUT2D eigenvalue weighted by molar-refractivity contribution is -0.128. The van der Waals surface area contributed by atoms with Crippen molar-refractivity contribution in [1.82, 2.24) is 5.32 Å². The molecule has 0 bridgehead atoms. The summed E-state index contributed by atoms with van der Waals surface area (Å²) in [6.45, 7) is 8.90. The smallest absolute Gasteiger partial charge is 0.261 e. The quantitative estimate of drug-likeness (QED) is 0.766. The molecule has 3 heteroatoms. The molecule has 1 aromatic rings. The topological polar surface area (TPSA) is 38.3 Å². The predicted molar refractivity (Wildman–Crippen MR) is 78.5 cm³/mol. The Labute approximate surface area is 116 Å². The van der Waals surface area contributed by atoms with Gasteiger partial charge in [-0.05, 0) is 49.9 Å². The molecule has 0 unspecified atom stereocenters. The Morgan fingerprint density at radius 1 is 1.26 bits per heavy atom. The summed E-state index contributed by atoms with van der Waals surface area (Å²) in [7, 11) is 0. The van der Waals surface area contributed by atoms with Crippen molar-refractivity contribution in [3.8, 4) is 5.75 Å². The molecule has 1 rings (SSSR count). The monoisotopic (exact) mass is 263 g/mol. The second-order valence-corrected chi connectivity index (χ2v) is 4.91. The van der Waals surface area contributed by atoms with Crippen LogP contribution in [0.25, 0.3) is 0 Å². The minimum Gasteiger partial charge on any atom is -0.481 e. The maximum Gasteiger partial charge on any atom is 0.261 e. The maximum atomic E-state index is 12.0. The first-order chi connectivity index (χ1) is 9.08. The van der Waals surface area contributed by atoms with Crippen LogP contribution in [0.2, 0.25) is 0 Å². The van der Waals surface area contributed by atoms with Crippen LogP contribution in [0.4, 0.5) is 0 Å². The van der Waals surface area contributed by atoms with Gasteiger partial charge in [0.05, 0.1) is 0 Å². The number of aryl methyl sites for hydroxylation is 2. The van der Waals surface area contributed by atoms with Gasteiger partial charge in [-0.1, -0.05) is 26.3 Å². The molecule has 1 N–H and O–H groups in total. The summed E-state index contributed by atoms with van der Waals surface area (Å²) in [5, 5.41) is 2.92. The number of amides is 1. The van der Waals surface area contributed by atoms with Crippen molar-refractivity contribution in [3.63, 3.8) is 0 Å². The zero-order valence-electron chi connectivity index (χ0n) is 12.5. The standard InChI is InChI=1S/C16H25NO2/c1-5-7-10-17-16(18)15(6-2)19-14-9-8-12(3)13(4)11-14/h8-9,11,15H,5-7,10H2,1-4H3,(H,17,18)/t15-/m0/s1. The molecule has 106 valence electrons. The average molecular weight is 263 g/mol. The van der Waals surface area contributed by atoms with Crippen LogP contribution in [0.1, 0.15) is 44.2 Å². The van der Waals surface area contributed by atoms with Gasteiger partial charge in [0, 0.05) is 6.54 Å². The Morgan fingerprint density at radius 2 is 2.00 bits per heavy atom. The van der Waals surface area contributed by atoms with Crippen LogP contribution in [-0.4, -0.2) is 18.6 Å². The molecular weight excluding hydrogens is 238 g/mol. The fourth-order valence-corrected chi connectivity index (χ4v) is 1.78. The summed E-state index contributed by atoms with van der Waals surface area (Å²) in [6.07, 6.45) is 2.35. The summed E-state index contributed by atoms with van der Waals surface area (Å²) in [5.74, 6) is 0.745. The van der Waals surface area contributed by atoms with Crippen molar-refractivity contribution in [2.45, 2.75) is 53.1 Å². The minimum atomic E-state index is -0.404. The lowest BCUT2D eigenvalue weighted by atomic mass is 10.1. The second-order valence-electron chi connectivity index (χ2n) is 4.91. The summed E-state index contributed by atoms with van der Waals surface area (Å²) >= 11 is 0. The summed E-state index contributed by atoms with van der Waals surface area (Å²) in [5.41, 5.74) is 2.41. The highest BCUT2D eigenvalue weighted by Gasteiger charge is 2.17. The molecule has 1 amide bonds. The van der Waals surface area contributed by atoms with Gasteiger partial charge in [0.15, 0.2) is 6.10 Å². The Bertz CT molecular complexity index is 415. The van der Waals surface area contributed by atoms with E-state index in [1.54, 1.807) is 0 Å². The largest absolute Gasteiger partial charge is 0.481 e. The number of hydrogen-bond acceptors (Lipinski definition) is 2. The molecule has 0 saturated heterocycles. The van der Waals surface area contributed by atoms with Gasteiger partial charge in [-0.3, -0.25) is 4.79 Å². The molecule has 3 nitrogen and oxygen atoms in total. The number of carbonyl (C=O) groups excluding carboxylic acids is 1. The molecule has 1 atom stereocenters. The van der Waals surface area contributed by atoms with Crippen LogP contribution in [0.15, 0.2) is 18.2 Å². The van der Waals surface area contributed by atoms with Crippen LogP contribution >= 0.6 is 0 Å². The van der Waals surface area contributed by atoms with E-state index >= 15 is 0 Å². The Kier molecular flexibility index (Phi) is 6.40. The molecule has 0 saturated carbocycles. The van der Waals surface area contributed by atoms with E-state index in [0.717, 1.165) is 25.1 Å².